The number of para-hydroxylation sites is 1. The van der Waals surface area contributed by atoms with Crippen LogP contribution in [0.25, 0.3) is 10.9 Å². The van der Waals surface area contributed by atoms with Gasteiger partial charge in [0.2, 0.25) is 0 Å². The largest absolute Gasteiger partial charge is 0.361 e. The maximum absolute atomic E-state index is 12.6. The average molecular weight is 276 g/mol. The number of aromatic amines is 1. The number of carbonyl (C=O) groups excluding carboxylic acids is 1. The molecule has 0 radical (unpaired) electrons. The number of hydrogen-bond donors (Lipinski definition) is 1. The lowest BCUT2D eigenvalue weighted by atomic mass is 10.1. The quantitative estimate of drug-likeness (QED) is 0.908. The van der Waals surface area contributed by atoms with Crippen LogP contribution in [0.3, 0.4) is 0 Å². The van der Waals surface area contributed by atoms with E-state index < -0.39 is 0 Å². The fraction of sp³-hybridized carbons (Fsp3) is 0.400. The van der Waals surface area contributed by atoms with Crippen molar-refractivity contribution in [2.45, 2.75) is 19.4 Å². The number of thioether (sulfide) groups is 1. The summed E-state index contributed by atoms with van der Waals surface area (Å²) >= 11 is 1.81. The van der Waals surface area contributed by atoms with E-state index in [1.807, 2.05) is 54.2 Å². The number of nitrogens with one attached hydrogen (secondary N) is 1. The monoisotopic (exact) mass is 276 g/mol. The molecule has 1 atom stereocenters. The number of hydrogen-bond acceptors (Lipinski definition) is 2. The van der Waals surface area contributed by atoms with Crippen molar-refractivity contribution in [3.05, 3.63) is 36.0 Å². The van der Waals surface area contributed by atoms with Crippen molar-refractivity contribution in [2.75, 3.05) is 19.1 Å². The van der Waals surface area contributed by atoms with Crippen molar-refractivity contribution in [3.63, 3.8) is 0 Å². The van der Waals surface area contributed by atoms with Crippen molar-refractivity contribution in [3.8, 4) is 0 Å². The van der Waals surface area contributed by atoms with Crippen molar-refractivity contribution in [1.82, 2.24) is 9.88 Å². The van der Waals surface area contributed by atoms with Crippen LogP contribution < -0.4 is 0 Å². The first-order chi connectivity index (χ1) is 9.15. The summed E-state index contributed by atoms with van der Waals surface area (Å²) < 4.78 is 0. The molecule has 1 heterocycles. The first kappa shape index (κ1) is 14.0. The van der Waals surface area contributed by atoms with Crippen molar-refractivity contribution in [1.29, 1.82) is 0 Å². The number of carbonyl (C=O) groups is 1. The Morgan fingerprint density at radius 1 is 1.42 bits per heavy atom. The van der Waals surface area contributed by atoms with E-state index in [0.29, 0.717) is 0 Å². The van der Waals surface area contributed by atoms with Crippen LogP contribution in [0.5, 0.6) is 0 Å². The Labute approximate surface area is 118 Å². The van der Waals surface area contributed by atoms with Crippen LogP contribution in [0.15, 0.2) is 30.5 Å². The highest BCUT2D eigenvalue weighted by Gasteiger charge is 2.19. The molecule has 1 unspecified atom stereocenters. The maximum Gasteiger partial charge on any atom is 0.255 e. The molecule has 0 saturated carbocycles. The first-order valence-electron chi connectivity index (χ1n) is 6.47. The third kappa shape index (κ3) is 2.95. The zero-order valence-electron chi connectivity index (χ0n) is 11.6. The zero-order valence-corrected chi connectivity index (χ0v) is 12.5. The molecule has 0 spiro atoms. The smallest absolute Gasteiger partial charge is 0.255 e. The van der Waals surface area contributed by atoms with Gasteiger partial charge in [0.1, 0.15) is 0 Å². The number of benzene rings is 1. The van der Waals surface area contributed by atoms with Gasteiger partial charge in [-0.25, -0.2) is 0 Å². The molecule has 1 amide bonds. The van der Waals surface area contributed by atoms with Gasteiger partial charge in [-0.1, -0.05) is 12.1 Å². The van der Waals surface area contributed by atoms with Gasteiger partial charge in [0, 0.05) is 24.7 Å². The molecule has 4 heteroatoms. The molecule has 0 fully saturated rings. The van der Waals surface area contributed by atoms with Crippen molar-refractivity contribution in [2.24, 2.45) is 0 Å². The van der Waals surface area contributed by atoms with Gasteiger partial charge in [-0.05, 0) is 37.5 Å². The molecular formula is C15H20N2OS. The SMILES string of the molecule is CSCCC(C)N(C)C(=O)c1cccc2cc[nH]c12. The van der Waals surface area contributed by atoms with E-state index in [-0.39, 0.29) is 11.9 Å². The summed E-state index contributed by atoms with van der Waals surface area (Å²) in [6, 6.07) is 8.08. The third-order valence-corrected chi connectivity index (χ3v) is 4.18. The summed E-state index contributed by atoms with van der Waals surface area (Å²) in [5, 5.41) is 1.08. The van der Waals surface area contributed by atoms with E-state index in [0.717, 1.165) is 28.6 Å². The third-order valence-electron chi connectivity index (χ3n) is 3.54. The Morgan fingerprint density at radius 2 is 2.21 bits per heavy atom. The van der Waals surface area contributed by atoms with Crippen LogP contribution in [0.1, 0.15) is 23.7 Å². The van der Waals surface area contributed by atoms with Crippen molar-refractivity contribution >= 4 is 28.6 Å². The predicted molar refractivity (Wildman–Crippen MR) is 82.9 cm³/mol. The van der Waals surface area contributed by atoms with E-state index in [4.69, 9.17) is 0 Å². The van der Waals surface area contributed by atoms with E-state index >= 15 is 0 Å². The summed E-state index contributed by atoms with van der Waals surface area (Å²) in [5.41, 5.74) is 1.68. The van der Waals surface area contributed by atoms with Crippen LogP contribution in [0.4, 0.5) is 0 Å². The summed E-state index contributed by atoms with van der Waals surface area (Å²) in [6.07, 6.45) is 4.98. The summed E-state index contributed by atoms with van der Waals surface area (Å²) in [4.78, 5) is 17.6. The van der Waals surface area contributed by atoms with Crippen LogP contribution in [-0.2, 0) is 0 Å². The Hall–Kier alpha value is -1.42. The molecule has 0 aliphatic heterocycles. The molecule has 1 aromatic carbocycles. The van der Waals surface area contributed by atoms with Crippen LogP contribution in [0, 0.1) is 0 Å². The molecule has 3 nitrogen and oxygen atoms in total. The lowest BCUT2D eigenvalue weighted by Crippen LogP contribution is -2.35. The van der Waals surface area contributed by atoms with Crippen LogP contribution >= 0.6 is 11.8 Å². The highest BCUT2D eigenvalue weighted by Crippen LogP contribution is 2.19. The number of amides is 1. The maximum atomic E-state index is 12.6. The van der Waals surface area contributed by atoms with E-state index in [1.54, 1.807) is 0 Å². The minimum Gasteiger partial charge on any atom is -0.361 e. The Bertz CT molecular complexity index is 564. The lowest BCUT2D eigenvalue weighted by molar-refractivity contribution is 0.0743. The molecule has 102 valence electrons. The lowest BCUT2D eigenvalue weighted by Gasteiger charge is -2.25. The average Bonchev–Trinajstić information content (AvgIpc) is 2.91. The number of H-pyrrole nitrogens is 1. The molecular weight excluding hydrogens is 256 g/mol. The van der Waals surface area contributed by atoms with E-state index in [1.165, 1.54) is 0 Å². The van der Waals surface area contributed by atoms with Crippen LogP contribution in [-0.4, -0.2) is 40.9 Å². The number of fused-ring (bicyclic) bond motifs is 1. The Kier molecular flexibility index (Phi) is 4.53. The normalized spacial score (nSPS) is 12.6. The zero-order chi connectivity index (χ0) is 13.8. The van der Waals surface area contributed by atoms with E-state index in [9.17, 15) is 4.79 Å². The van der Waals surface area contributed by atoms with Gasteiger partial charge in [-0.3, -0.25) is 4.79 Å². The second kappa shape index (κ2) is 6.15. The van der Waals surface area contributed by atoms with Gasteiger partial charge in [-0.2, -0.15) is 11.8 Å². The molecule has 0 bridgehead atoms. The van der Waals surface area contributed by atoms with Crippen molar-refractivity contribution < 1.29 is 4.79 Å². The molecule has 1 aromatic heterocycles. The minimum atomic E-state index is 0.0849. The molecule has 2 aromatic rings. The Balaban J connectivity index is 2.21. The van der Waals surface area contributed by atoms with Gasteiger partial charge in [0.05, 0.1) is 11.1 Å². The number of nitrogens with zero attached hydrogens (tertiary/aromatic N) is 1. The van der Waals surface area contributed by atoms with Gasteiger partial charge in [-0.15, -0.1) is 0 Å². The van der Waals surface area contributed by atoms with Gasteiger partial charge >= 0.3 is 0 Å². The highest BCUT2D eigenvalue weighted by atomic mass is 32.2. The second-order valence-electron chi connectivity index (χ2n) is 4.79. The van der Waals surface area contributed by atoms with Gasteiger partial charge in [0.15, 0.2) is 0 Å². The second-order valence-corrected chi connectivity index (χ2v) is 5.78. The molecule has 0 aliphatic carbocycles. The summed E-state index contributed by atoms with van der Waals surface area (Å²) in [7, 11) is 1.88. The highest BCUT2D eigenvalue weighted by molar-refractivity contribution is 7.98. The summed E-state index contributed by atoms with van der Waals surface area (Å²) in [5.74, 6) is 1.16. The Morgan fingerprint density at radius 3 is 2.95 bits per heavy atom. The molecule has 0 saturated heterocycles. The topological polar surface area (TPSA) is 36.1 Å². The fourth-order valence-electron chi connectivity index (χ4n) is 2.14. The van der Waals surface area contributed by atoms with Crippen LogP contribution in [0.2, 0.25) is 0 Å². The number of rotatable bonds is 5. The van der Waals surface area contributed by atoms with Gasteiger partial charge in [0.25, 0.3) is 5.91 Å². The predicted octanol–water partition coefficient (Wildman–Crippen LogP) is 3.38. The first-order valence-corrected chi connectivity index (χ1v) is 7.86. The summed E-state index contributed by atoms with van der Waals surface area (Å²) in [6.45, 7) is 2.10. The standard InChI is InChI=1S/C15H20N2OS/c1-11(8-10-19-3)17(2)15(18)13-6-4-5-12-7-9-16-14(12)13/h4-7,9,11,16H,8,10H2,1-3H3. The van der Waals surface area contributed by atoms with E-state index in [2.05, 4.69) is 18.2 Å². The number of aromatic nitrogens is 1. The minimum absolute atomic E-state index is 0.0849. The molecule has 1 N–H and O–H groups in total. The van der Waals surface area contributed by atoms with Gasteiger partial charge < -0.3 is 9.88 Å². The molecule has 19 heavy (non-hydrogen) atoms. The molecule has 0 aliphatic rings. The molecule has 2 rings (SSSR count). The fourth-order valence-corrected chi connectivity index (χ4v) is 2.71.